The van der Waals surface area contributed by atoms with E-state index in [4.69, 9.17) is 4.42 Å². The quantitative estimate of drug-likeness (QED) is 0.623. The molecule has 0 saturated heterocycles. The molecule has 6 heteroatoms. The molecule has 2 aromatic carbocycles. The van der Waals surface area contributed by atoms with Gasteiger partial charge in [0.05, 0.1) is 10.9 Å². The molecule has 3 rings (SSSR count). The number of amides is 1. The third kappa shape index (κ3) is 4.28. The van der Waals surface area contributed by atoms with Gasteiger partial charge in [0.2, 0.25) is 5.91 Å². The van der Waals surface area contributed by atoms with Crippen LogP contribution in [0, 0.1) is 0 Å². The molecular weight excluding hydrogens is 362 g/mol. The number of para-hydroxylation sites is 1. The average molecular weight is 383 g/mol. The SMILES string of the molecule is CC(c1ccc(S(C)(=O)=O)cc1)N(C)C(=O)/C=C/c1cc2ccccc2o1. The lowest BCUT2D eigenvalue weighted by molar-refractivity contribution is -0.126. The molecule has 27 heavy (non-hydrogen) atoms. The first-order chi connectivity index (χ1) is 12.8. The molecule has 0 N–H and O–H groups in total. The van der Waals surface area contributed by atoms with Crippen LogP contribution in [0.1, 0.15) is 24.3 Å². The van der Waals surface area contributed by atoms with E-state index in [1.165, 1.54) is 12.3 Å². The van der Waals surface area contributed by atoms with E-state index in [1.807, 2.05) is 37.3 Å². The summed E-state index contributed by atoms with van der Waals surface area (Å²) in [6.45, 7) is 1.89. The van der Waals surface area contributed by atoms with Crippen molar-refractivity contribution in [2.24, 2.45) is 0 Å². The number of rotatable bonds is 5. The Hall–Kier alpha value is -2.86. The average Bonchev–Trinajstić information content (AvgIpc) is 3.07. The first kappa shape index (κ1) is 18.9. The molecule has 0 bridgehead atoms. The number of nitrogens with zero attached hydrogens (tertiary/aromatic N) is 1. The number of hydrogen-bond donors (Lipinski definition) is 0. The summed E-state index contributed by atoms with van der Waals surface area (Å²) in [5, 5.41) is 0.984. The summed E-state index contributed by atoms with van der Waals surface area (Å²) in [6.07, 6.45) is 4.29. The summed E-state index contributed by atoms with van der Waals surface area (Å²) in [5.74, 6) is 0.443. The standard InChI is InChI=1S/C21H21NO4S/c1-15(16-8-11-19(12-9-16)27(3,24)25)22(2)21(23)13-10-18-14-17-6-4-5-7-20(17)26-18/h4-15H,1-3H3/b13-10+. The van der Waals surface area contributed by atoms with Crippen molar-refractivity contribution in [1.82, 2.24) is 4.90 Å². The number of likely N-dealkylation sites (N-methyl/N-ethyl adjacent to an activating group) is 1. The monoisotopic (exact) mass is 383 g/mol. The van der Waals surface area contributed by atoms with Gasteiger partial charge in [0.1, 0.15) is 11.3 Å². The Morgan fingerprint density at radius 1 is 1.11 bits per heavy atom. The fraction of sp³-hybridized carbons (Fsp3) is 0.190. The van der Waals surface area contributed by atoms with Crippen LogP contribution in [0.2, 0.25) is 0 Å². The molecule has 0 saturated carbocycles. The summed E-state index contributed by atoms with van der Waals surface area (Å²) in [4.78, 5) is 14.3. The maximum absolute atomic E-state index is 12.5. The molecule has 0 spiro atoms. The van der Waals surface area contributed by atoms with Gasteiger partial charge in [-0.15, -0.1) is 0 Å². The molecular formula is C21H21NO4S. The van der Waals surface area contributed by atoms with Gasteiger partial charge in [0, 0.05) is 24.8 Å². The van der Waals surface area contributed by atoms with Gasteiger partial charge in [0.15, 0.2) is 9.84 Å². The molecule has 1 amide bonds. The van der Waals surface area contributed by atoms with E-state index in [9.17, 15) is 13.2 Å². The molecule has 1 aromatic heterocycles. The van der Waals surface area contributed by atoms with Crippen molar-refractivity contribution in [1.29, 1.82) is 0 Å². The van der Waals surface area contributed by atoms with Gasteiger partial charge < -0.3 is 9.32 Å². The van der Waals surface area contributed by atoms with Crippen molar-refractivity contribution in [3.63, 3.8) is 0 Å². The van der Waals surface area contributed by atoms with Gasteiger partial charge in [-0.1, -0.05) is 30.3 Å². The smallest absolute Gasteiger partial charge is 0.246 e. The molecule has 0 fully saturated rings. The lowest BCUT2D eigenvalue weighted by atomic mass is 10.1. The topological polar surface area (TPSA) is 67.6 Å². The minimum Gasteiger partial charge on any atom is -0.457 e. The highest BCUT2D eigenvalue weighted by atomic mass is 32.2. The first-order valence-electron chi connectivity index (χ1n) is 8.49. The lowest BCUT2D eigenvalue weighted by Crippen LogP contribution is -2.27. The third-order valence-corrected chi connectivity index (χ3v) is 5.68. The summed E-state index contributed by atoms with van der Waals surface area (Å²) >= 11 is 0. The van der Waals surface area contributed by atoms with Crippen molar-refractivity contribution in [3.05, 3.63) is 72.0 Å². The molecule has 0 radical (unpaired) electrons. The van der Waals surface area contributed by atoms with E-state index in [0.29, 0.717) is 5.76 Å². The maximum atomic E-state index is 12.5. The van der Waals surface area contributed by atoms with Gasteiger partial charge in [-0.25, -0.2) is 8.42 Å². The molecule has 0 aliphatic rings. The van der Waals surface area contributed by atoms with E-state index in [2.05, 4.69) is 0 Å². The zero-order valence-electron chi connectivity index (χ0n) is 15.4. The fourth-order valence-electron chi connectivity index (χ4n) is 2.76. The minimum atomic E-state index is -3.23. The molecule has 3 aromatic rings. The number of carbonyl (C=O) groups excluding carboxylic acids is 1. The van der Waals surface area contributed by atoms with Crippen LogP contribution in [0.4, 0.5) is 0 Å². The normalized spacial score (nSPS) is 13.1. The van der Waals surface area contributed by atoms with Crippen LogP contribution in [-0.2, 0) is 14.6 Å². The van der Waals surface area contributed by atoms with E-state index in [1.54, 1.807) is 42.3 Å². The zero-order chi connectivity index (χ0) is 19.6. The molecule has 1 atom stereocenters. The molecule has 140 valence electrons. The van der Waals surface area contributed by atoms with Crippen molar-refractivity contribution in [3.8, 4) is 0 Å². The molecule has 1 unspecified atom stereocenters. The van der Waals surface area contributed by atoms with Gasteiger partial charge in [0.25, 0.3) is 0 Å². The van der Waals surface area contributed by atoms with Crippen molar-refractivity contribution < 1.29 is 17.6 Å². The number of carbonyl (C=O) groups is 1. The highest BCUT2D eigenvalue weighted by molar-refractivity contribution is 7.90. The maximum Gasteiger partial charge on any atom is 0.246 e. The second-order valence-corrected chi connectivity index (χ2v) is 8.50. The summed E-state index contributed by atoms with van der Waals surface area (Å²) in [5.41, 5.74) is 1.63. The van der Waals surface area contributed by atoms with Crippen LogP contribution in [0.3, 0.4) is 0 Å². The van der Waals surface area contributed by atoms with Crippen LogP contribution >= 0.6 is 0 Å². The highest BCUT2D eigenvalue weighted by Crippen LogP contribution is 2.22. The van der Waals surface area contributed by atoms with E-state index >= 15 is 0 Å². The predicted octanol–water partition coefficient (Wildman–Crippen LogP) is 4.07. The van der Waals surface area contributed by atoms with Crippen molar-refractivity contribution >= 4 is 32.8 Å². The van der Waals surface area contributed by atoms with Gasteiger partial charge in [-0.05, 0) is 42.8 Å². The largest absolute Gasteiger partial charge is 0.457 e. The Bertz CT molecular complexity index is 1060. The number of hydrogen-bond acceptors (Lipinski definition) is 4. The summed E-state index contributed by atoms with van der Waals surface area (Å²) in [6, 6.07) is 15.9. The van der Waals surface area contributed by atoms with Crippen LogP contribution in [0.15, 0.2) is 70.0 Å². The first-order valence-corrected chi connectivity index (χ1v) is 10.4. The number of benzene rings is 2. The minimum absolute atomic E-state index is 0.171. The van der Waals surface area contributed by atoms with E-state index in [-0.39, 0.29) is 16.8 Å². The van der Waals surface area contributed by atoms with E-state index in [0.717, 1.165) is 16.5 Å². The predicted molar refractivity (Wildman–Crippen MR) is 106 cm³/mol. The van der Waals surface area contributed by atoms with Gasteiger partial charge in [-0.3, -0.25) is 4.79 Å². The van der Waals surface area contributed by atoms with Crippen LogP contribution < -0.4 is 0 Å². The van der Waals surface area contributed by atoms with E-state index < -0.39 is 9.84 Å². The fourth-order valence-corrected chi connectivity index (χ4v) is 3.39. The number of furan rings is 1. The second kappa shape index (κ2) is 7.40. The molecule has 1 heterocycles. The summed E-state index contributed by atoms with van der Waals surface area (Å²) in [7, 11) is -1.53. The Labute approximate surface area is 158 Å². The van der Waals surface area contributed by atoms with Crippen molar-refractivity contribution in [2.75, 3.05) is 13.3 Å². The number of sulfone groups is 1. The van der Waals surface area contributed by atoms with Crippen LogP contribution in [0.25, 0.3) is 17.0 Å². The zero-order valence-corrected chi connectivity index (χ0v) is 16.2. The second-order valence-electron chi connectivity index (χ2n) is 6.49. The Morgan fingerprint density at radius 2 is 1.78 bits per heavy atom. The van der Waals surface area contributed by atoms with Crippen LogP contribution in [-0.4, -0.2) is 32.5 Å². The van der Waals surface area contributed by atoms with Gasteiger partial charge >= 0.3 is 0 Å². The molecule has 0 aliphatic carbocycles. The van der Waals surface area contributed by atoms with Crippen molar-refractivity contribution in [2.45, 2.75) is 17.9 Å². The van der Waals surface area contributed by atoms with Crippen LogP contribution in [0.5, 0.6) is 0 Å². The third-order valence-electron chi connectivity index (χ3n) is 4.55. The Morgan fingerprint density at radius 3 is 2.41 bits per heavy atom. The Balaban J connectivity index is 1.72. The highest BCUT2D eigenvalue weighted by Gasteiger charge is 2.16. The molecule has 5 nitrogen and oxygen atoms in total. The number of fused-ring (bicyclic) bond motifs is 1. The lowest BCUT2D eigenvalue weighted by Gasteiger charge is -2.24. The Kier molecular flexibility index (Phi) is 5.19. The molecule has 0 aliphatic heterocycles. The summed E-state index contributed by atoms with van der Waals surface area (Å²) < 4.78 is 28.8. The van der Waals surface area contributed by atoms with Gasteiger partial charge in [-0.2, -0.15) is 0 Å².